The summed E-state index contributed by atoms with van der Waals surface area (Å²) < 4.78 is 5.17. The second-order valence-electron chi connectivity index (χ2n) is 9.30. The van der Waals surface area contributed by atoms with Crippen molar-refractivity contribution in [3.05, 3.63) is 59.4 Å². The first-order valence-corrected chi connectivity index (χ1v) is 12.3. The van der Waals surface area contributed by atoms with Crippen LogP contribution in [0, 0.1) is 0 Å². The maximum atomic E-state index is 12.6. The Morgan fingerprint density at radius 1 is 1.18 bits per heavy atom. The second-order valence-corrected chi connectivity index (χ2v) is 9.30. The van der Waals surface area contributed by atoms with Crippen molar-refractivity contribution in [2.45, 2.75) is 38.0 Å². The third-order valence-electron chi connectivity index (χ3n) is 6.74. The van der Waals surface area contributed by atoms with Crippen molar-refractivity contribution in [2.75, 3.05) is 58.3 Å². The Bertz CT molecular complexity index is 932. The Hall–Kier alpha value is -2.52. The molecular weight excluding hydrogens is 430 g/mol. The van der Waals surface area contributed by atoms with E-state index in [4.69, 9.17) is 4.74 Å². The quantitative estimate of drug-likeness (QED) is 0.491. The highest BCUT2D eigenvalue weighted by atomic mass is 16.5. The molecule has 3 heterocycles. The number of pyridine rings is 1. The van der Waals surface area contributed by atoms with Crippen molar-refractivity contribution in [3.63, 3.8) is 0 Å². The number of methoxy groups -OCH3 is 1. The van der Waals surface area contributed by atoms with Gasteiger partial charge in [-0.15, -0.1) is 0 Å². The minimum absolute atomic E-state index is 0.205. The van der Waals surface area contributed by atoms with Gasteiger partial charge in [0.05, 0.1) is 12.7 Å². The van der Waals surface area contributed by atoms with E-state index in [1.807, 2.05) is 6.07 Å². The van der Waals surface area contributed by atoms with Crippen LogP contribution in [0.15, 0.2) is 42.6 Å². The largest absolute Gasteiger partial charge is 0.390 e. The molecule has 1 aromatic heterocycles. The van der Waals surface area contributed by atoms with Crippen LogP contribution in [-0.4, -0.2) is 90.9 Å². The molecule has 8 nitrogen and oxygen atoms in total. The Morgan fingerprint density at radius 2 is 1.97 bits per heavy atom. The van der Waals surface area contributed by atoms with Crippen LogP contribution >= 0.6 is 0 Å². The standard InChI is InChI=1S/C26H37N5O3/c1-34-15-14-30-12-8-22(9-13-30)29-23-6-10-27-25(16-23)26(33)28-17-24(32)19-31-11-7-20-4-2-3-5-21(20)18-31/h2-6,10,16,22,24,32H,7-9,11-15,17-19H2,1H3,(H,27,29)(H,28,33). The van der Waals surface area contributed by atoms with Crippen molar-refractivity contribution in [2.24, 2.45) is 0 Å². The molecule has 2 aromatic rings. The van der Waals surface area contributed by atoms with Gasteiger partial charge in [0, 0.05) is 70.8 Å². The molecule has 1 aromatic carbocycles. The number of carbonyl (C=O) groups is 1. The van der Waals surface area contributed by atoms with Crippen LogP contribution in [0.25, 0.3) is 0 Å². The van der Waals surface area contributed by atoms with Gasteiger partial charge in [-0.1, -0.05) is 24.3 Å². The van der Waals surface area contributed by atoms with E-state index in [9.17, 15) is 9.90 Å². The van der Waals surface area contributed by atoms with Crippen LogP contribution in [0.5, 0.6) is 0 Å². The highest BCUT2D eigenvalue weighted by Gasteiger charge is 2.21. The molecule has 1 atom stereocenters. The van der Waals surface area contributed by atoms with Crippen LogP contribution in [-0.2, 0) is 17.7 Å². The minimum atomic E-state index is -0.626. The molecule has 4 rings (SSSR count). The average molecular weight is 468 g/mol. The number of aliphatic hydroxyl groups is 1. The SMILES string of the molecule is COCCN1CCC(Nc2ccnc(C(=O)NCC(O)CN3CCc4ccccc4C3)c2)CC1. The number of carbonyl (C=O) groups excluding carboxylic acids is 1. The van der Waals surface area contributed by atoms with E-state index in [1.54, 1.807) is 19.4 Å². The topological polar surface area (TPSA) is 90.0 Å². The Kier molecular flexibility index (Phi) is 8.87. The zero-order valence-electron chi connectivity index (χ0n) is 20.1. The summed E-state index contributed by atoms with van der Waals surface area (Å²) in [6.45, 7) is 6.31. The van der Waals surface area contributed by atoms with Crippen molar-refractivity contribution < 1.29 is 14.6 Å². The molecule has 1 fully saturated rings. The van der Waals surface area contributed by atoms with Crippen LogP contribution in [0.4, 0.5) is 5.69 Å². The zero-order chi connectivity index (χ0) is 23.8. The number of ether oxygens (including phenoxy) is 1. The third kappa shape index (κ3) is 6.99. The number of nitrogens with zero attached hydrogens (tertiary/aromatic N) is 3. The predicted octanol–water partition coefficient (Wildman–Crippen LogP) is 1.75. The van der Waals surface area contributed by atoms with Crippen molar-refractivity contribution in [1.29, 1.82) is 0 Å². The number of hydrogen-bond donors (Lipinski definition) is 3. The summed E-state index contributed by atoms with van der Waals surface area (Å²) in [7, 11) is 1.74. The normalized spacial score (nSPS) is 18.3. The van der Waals surface area contributed by atoms with Crippen molar-refractivity contribution in [3.8, 4) is 0 Å². The van der Waals surface area contributed by atoms with E-state index in [-0.39, 0.29) is 12.5 Å². The van der Waals surface area contributed by atoms with Gasteiger partial charge in [0.2, 0.25) is 0 Å². The van der Waals surface area contributed by atoms with E-state index in [2.05, 4.69) is 49.7 Å². The number of rotatable bonds is 10. The molecule has 8 heteroatoms. The summed E-state index contributed by atoms with van der Waals surface area (Å²) in [5.74, 6) is -0.263. The lowest BCUT2D eigenvalue weighted by atomic mass is 10.00. The van der Waals surface area contributed by atoms with Gasteiger partial charge in [0.25, 0.3) is 5.91 Å². The smallest absolute Gasteiger partial charge is 0.270 e. The molecule has 0 saturated carbocycles. The average Bonchev–Trinajstić information content (AvgIpc) is 2.87. The van der Waals surface area contributed by atoms with Gasteiger partial charge < -0.3 is 25.4 Å². The van der Waals surface area contributed by atoms with Gasteiger partial charge in [-0.05, 0) is 42.5 Å². The van der Waals surface area contributed by atoms with Crippen LogP contribution in [0.2, 0.25) is 0 Å². The van der Waals surface area contributed by atoms with Crippen molar-refractivity contribution >= 4 is 11.6 Å². The summed E-state index contributed by atoms with van der Waals surface area (Å²) in [5, 5.41) is 16.9. The predicted molar refractivity (Wildman–Crippen MR) is 133 cm³/mol. The molecule has 3 N–H and O–H groups in total. The number of fused-ring (bicyclic) bond motifs is 1. The molecule has 1 amide bonds. The van der Waals surface area contributed by atoms with Crippen LogP contribution in [0.1, 0.15) is 34.5 Å². The fraction of sp³-hybridized carbons (Fsp3) is 0.538. The number of benzene rings is 1. The molecule has 184 valence electrons. The molecule has 0 radical (unpaired) electrons. The molecule has 34 heavy (non-hydrogen) atoms. The van der Waals surface area contributed by atoms with Gasteiger partial charge in [-0.2, -0.15) is 0 Å². The number of piperidine rings is 1. The van der Waals surface area contributed by atoms with E-state index in [0.717, 1.165) is 64.3 Å². The third-order valence-corrected chi connectivity index (χ3v) is 6.74. The molecular formula is C26H37N5O3. The lowest BCUT2D eigenvalue weighted by Crippen LogP contribution is -2.42. The van der Waals surface area contributed by atoms with E-state index in [0.29, 0.717) is 18.3 Å². The molecule has 0 bridgehead atoms. The first-order chi connectivity index (χ1) is 16.6. The van der Waals surface area contributed by atoms with Gasteiger partial charge >= 0.3 is 0 Å². The molecule has 1 saturated heterocycles. The Balaban J connectivity index is 1.20. The lowest BCUT2D eigenvalue weighted by Gasteiger charge is -2.32. The van der Waals surface area contributed by atoms with Gasteiger partial charge in [0.15, 0.2) is 0 Å². The lowest BCUT2D eigenvalue weighted by molar-refractivity contribution is 0.0838. The summed E-state index contributed by atoms with van der Waals surface area (Å²) in [6, 6.07) is 12.5. The fourth-order valence-corrected chi connectivity index (χ4v) is 4.78. The van der Waals surface area contributed by atoms with Gasteiger partial charge in [-0.3, -0.25) is 14.7 Å². The number of β-amino-alcohol motifs (C(OH)–C–C–N with tert-alkyl or cyclic N) is 1. The molecule has 0 aliphatic carbocycles. The van der Waals surface area contributed by atoms with Crippen molar-refractivity contribution in [1.82, 2.24) is 20.1 Å². The number of anilines is 1. The summed E-state index contributed by atoms with van der Waals surface area (Å²) in [4.78, 5) is 21.5. The number of likely N-dealkylation sites (tertiary alicyclic amines) is 1. The highest BCUT2D eigenvalue weighted by Crippen LogP contribution is 2.19. The number of amides is 1. The maximum Gasteiger partial charge on any atom is 0.270 e. The molecule has 0 spiro atoms. The first-order valence-electron chi connectivity index (χ1n) is 12.3. The monoisotopic (exact) mass is 467 g/mol. The first kappa shape index (κ1) is 24.6. The Morgan fingerprint density at radius 3 is 2.76 bits per heavy atom. The maximum absolute atomic E-state index is 12.6. The Labute approximate surface area is 202 Å². The number of aromatic nitrogens is 1. The van der Waals surface area contributed by atoms with E-state index < -0.39 is 6.10 Å². The highest BCUT2D eigenvalue weighted by molar-refractivity contribution is 5.93. The summed E-state index contributed by atoms with van der Waals surface area (Å²) >= 11 is 0. The van der Waals surface area contributed by atoms with Gasteiger partial charge in [-0.25, -0.2) is 0 Å². The second kappa shape index (κ2) is 12.3. The summed E-state index contributed by atoms with van der Waals surface area (Å²) in [5.41, 5.74) is 3.97. The van der Waals surface area contributed by atoms with E-state index >= 15 is 0 Å². The van der Waals surface area contributed by atoms with Gasteiger partial charge in [0.1, 0.15) is 5.69 Å². The summed E-state index contributed by atoms with van der Waals surface area (Å²) in [6.07, 6.45) is 4.14. The zero-order valence-corrected chi connectivity index (χ0v) is 20.1. The minimum Gasteiger partial charge on any atom is -0.390 e. The number of aliphatic hydroxyl groups excluding tert-OH is 1. The van der Waals surface area contributed by atoms with E-state index in [1.165, 1.54) is 11.1 Å². The molecule has 1 unspecified atom stereocenters. The number of nitrogens with one attached hydrogen (secondary N) is 2. The fourth-order valence-electron chi connectivity index (χ4n) is 4.78. The molecule has 2 aliphatic heterocycles. The van der Waals surface area contributed by atoms with Crippen LogP contribution in [0.3, 0.4) is 0 Å². The molecule has 2 aliphatic rings. The number of hydrogen-bond acceptors (Lipinski definition) is 7. The van der Waals surface area contributed by atoms with Crippen LogP contribution < -0.4 is 10.6 Å².